The molecule has 142 valence electrons. The molecule has 1 aliphatic heterocycles. The third-order valence-electron chi connectivity index (χ3n) is 4.76. The molecule has 2 rings (SSSR count). The molecule has 0 saturated carbocycles. The molecule has 0 aliphatic carbocycles. The van der Waals surface area contributed by atoms with Crippen molar-refractivity contribution in [2.75, 3.05) is 12.3 Å². The number of amides is 2. The summed E-state index contributed by atoms with van der Waals surface area (Å²) in [5, 5.41) is 12.1. The number of carboxylic acids is 1. The summed E-state index contributed by atoms with van der Waals surface area (Å²) in [5.41, 5.74) is 1.03. The van der Waals surface area contributed by atoms with Gasteiger partial charge in [-0.3, -0.25) is 9.59 Å². The molecule has 1 aliphatic rings. The van der Waals surface area contributed by atoms with Crippen molar-refractivity contribution in [3.05, 3.63) is 35.9 Å². The lowest BCUT2D eigenvalue weighted by atomic mass is 9.99. The molecule has 1 heterocycles. The van der Waals surface area contributed by atoms with E-state index in [1.165, 1.54) is 4.90 Å². The van der Waals surface area contributed by atoms with Crippen LogP contribution in [0, 0.1) is 5.92 Å². The van der Waals surface area contributed by atoms with Crippen molar-refractivity contribution in [1.82, 2.24) is 10.2 Å². The summed E-state index contributed by atoms with van der Waals surface area (Å²) in [6.45, 7) is 2.23. The minimum atomic E-state index is -0.991. The fraction of sp³-hybridized carbons (Fsp3) is 0.526. The van der Waals surface area contributed by atoms with Gasteiger partial charge in [0.15, 0.2) is 0 Å². The predicted octanol–water partition coefficient (Wildman–Crippen LogP) is 1.75. The molecule has 6 nitrogen and oxygen atoms in total. The van der Waals surface area contributed by atoms with Gasteiger partial charge in [0, 0.05) is 12.3 Å². The monoisotopic (exact) mass is 378 g/mol. The summed E-state index contributed by atoms with van der Waals surface area (Å²) in [6.07, 6.45) is 2.08. The second kappa shape index (κ2) is 9.62. The number of nitrogens with zero attached hydrogens (tertiary/aromatic N) is 1. The zero-order chi connectivity index (χ0) is 19.1. The molecule has 3 atom stereocenters. The fourth-order valence-corrected chi connectivity index (χ4v) is 3.55. The quantitative estimate of drug-likeness (QED) is 0.602. The molecule has 0 bridgehead atoms. The highest BCUT2D eigenvalue weighted by Gasteiger charge is 2.37. The molecule has 1 fully saturated rings. The Morgan fingerprint density at radius 3 is 2.58 bits per heavy atom. The minimum absolute atomic E-state index is 0.227. The number of carbonyl (C=O) groups excluding carboxylic acids is 2. The molecule has 0 radical (unpaired) electrons. The molecule has 7 heteroatoms. The maximum atomic E-state index is 12.7. The molecule has 1 aromatic carbocycles. The summed E-state index contributed by atoms with van der Waals surface area (Å²) in [5.74, 6) is -1.52. The minimum Gasteiger partial charge on any atom is -0.480 e. The number of aliphatic carboxylic acids is 1. The largest absolute Gasteiger partial charge is 0.480 e. The Morgan fingerprint density at radius 2 is 2.00 bits per heavy atom. The van der Waals surface area contributed by atoms with E-state index in [1.807, 2.05) is 37.3 Å². The number of rotatable bonds is 8. The van der Waals surface area contributed by atoms with E-state index >= 15 is 0 Å². The van der Waals surface area contributed by atoms with E-state index < -0.39 is 18.1 Å². The van der Waals surface area contributed by atoms with Gasteiger partial charge in [0.2, 0.25) is 11.8 Å². The van der Waals surface area contributed by atoms with Crippen LogP contribution in [0.15, 0.2) is 30.3 Å². The van der Waals surface area contributed by atoms with E-state index in [2.05, 4.69) is 17.9 Å². The Labute approximate surface area is 159 Å². The van der Waals surface area contributed by atoms with Crippen molar-refractivity contribution in [2.24, 2.45) is 5.92 Å². The van der Waals surface area contributed by atoms with Crippen molar-refractivity contribution in [1.29, 1.82) is 0 Å². The number of carboxylic acid groups (broad SMARTS) is 1. The average Bonchev–Trinajstić information content (AvgIpc) is 3.14. The zero-order valence-corrected chi connectivity index (χ0v) is 15.8. The Hall–Kier alpha value is -2.02. The van der Waals surface area contributed by atoms with Crippen LogP contribution in [-0.4, -0.2) is 52.2 Å². The first kappa shape index (κ1) is 20.3. The maximum Gasteiger partial charge on any atom is 0.326 e. The lowest BCUT2D eigenvalue weighted by Crippen LogP contribution is -2.52. The van der Waals surface area contributed by atoms with E-state index in [4.69, 9.17) is 0 Å². The van der Waals surface area contributed by atoms with Gasteiger partial charge in [-0.25, -0.2) is 4.79 Å². The van der Waals surface area contributed by atoms with Gasteiger partial charge in [0.1, 0.15) is 12.1 Å². The SMILES string of the molecule is CC[C@H](NC(=O)[C@@H](CS)Cc1ccccc1)C(=O)N1CCC[C@H]1C(=O)O. The summed E-state index contributed by atoms with van der Waals surface area (Å²) in [6, 6.07) is 8.15. The number of nitrogens with one attached hydrogen (secondary N) is 1. The highest BCUT2D eigenvalue weighted by atomic mass is 32.1. The van der Waals surface area contributed by atoms with Crippen LogP contribution in [0.1, 0.15) is 31.7 Å². The normalized spacial score (nSPS) is 19.0. The third-order valence-corrected chi connectivity index (χ3v) is 5.20. The van der Waals surface area contributed by atoms with Crippen molar-refractivity contribution >= 4 is 30.4 Å². The Morgan fingerprint density at radius 1 is 1.31 bits per heavy atom. The van der Waals surface area contributed by atoms with E-state index in [9.17, 15) is 19.5 Å². The average molecular weight is 378 g/mol. The van der Waals surface area contributed by atoms with E-state index in [0.717, 1.165) is 5.56 Å². The van der Waals surface area contributed by atoms with Crippen LogP contribution in [0.4, 0.5) is 0 Å². The van der Waals surface area contributed by atoms with Crippen LogP contribution >= 0.6 is 12.6 Å². The van der Waals surface area contributed by atoms with E-state index in [-0.39, 0.29) is 17.7 Å². The van der Waals surface area contributed by atoms with Crippen LogP contribution < -0.4 is 5.32 Å². The first-order valence-electron chi connectivity index (χ1n) is 8.96. The van der Waals surface area contributed by atoms with Gasteiger partial charge < -0.3 is 15.3 Å². The fourth-order valence-electron chi connectivity index (χ4n) is 3.25. The van der Waals surface area contributed by atoms with Gasteiger partial charge in [0.05, 0.1) is 5.92 Å². The Bertz CT molecular complexity index is 638. The number of benzene rings is 1. The van der Waals surface area contributed by atoms with Gasteiger partial charge in [-0.1, -0.05) is 37.3 Å². The lowest BCUT2D eigenvalue weighted by Gasteiger charge is -2.27. The van der Waals surface area contributed by atoms with Crippen molar-refractivity contribution in [2.45, 2.75) is 44.7 Å². The molecular weight excluding hydrogens is 352 g/mol. The second-order valence-electron chi connectivity index (χ2n) is 6.57. The topological polar surface area (TPSA) is 86.7 Å². The Balaban J connectivity index is 2.02. The Kier molecular flexibility index (Phi) is 7.50. The number of hydrogen-bond donors (Lipinski definition) is 3. The summed E-state index contributed by atoms with van der Waals surface area (Å²) >= 11 is 4.28. The summed E-state index contributed by atoms with van der Waals surface area (Å²) in [7, 11) is 0. The lowest BCUT2D eigenvalue weighted by molar-refractivity contribution is -0.149. The predicted molar refractivity (Wildman–Crippen MR) is 102 cm³/mol. The van der Waals surface area contributed by atoms with Crippen molar-refractivity contribution < 1.29 is 19.5 Å². The zero-order valence-electron chi connectivity index (χ0n) is 14.9. The molecule has 2 amide bonds. The molecule has 1 aromatic rings. The van der Waals surface area contributed by atoms with Gasteiger partial charge in [-0.05, 0) is 31.2 Å². The maximum absolute atomic E-state index is 12.7. The van der Waals surface area contributed by atoms with Gasteiger partial charge in [0.25, 0.3) is 0 Å². The highest BCUT2D eigenvalue weighted by Crippen LogP contribution is 2.19. The first-order valence-corrected chi connectivity index (χ1v) is 9.59. The van der Waals surface area contributed by atoms with Crippen LogP contribution in [0.2, 0.25) is 0 Å². The molecule has 26 heavy (non-hydrogen) atoms. The van der Waals surface area contributed by atoms with Crippen LogP contribution in [0.25, 0.3) is 0 Å². The molecule has 1 saturated heterocycles. The molecular formula is C19H26N2O4S. The third kappa shape index (κ3) is 5.00. The number of carbonyl (C=O) groups is 3. The van der Waals surface area contributed by atoms with Crippen molar-refractivity contribution in [3.8, 4) is 0 Å². The molecule has 2 N–H and O–H groups in total. The number of hydrogen-bond acceptors (Lipinski definition) is 4. The molecule has 0 unspecified atom stereocenters. The van der Waals surface area contributed by atoms with Crippen LogP contribution in [-0.2, 0) is 20.8 Å². The summed E-state index contributed by atoms with van der Waals surface area (Å²) in [4.78, 5) is 38.1. The number of thiol groups is 1. The van der Waals surface area contributed by atoms with Crippen LogP contribution in [0.3, 0.4) is 0 Å². The number of likely N-dealkylation sites (tertiary alicyclic amines) is 1. The highest BCUT2D eigenvalue weighted by molar-refractivity contribution is 7.80. The van der Waals surface area contributed by atoms with Crippen LogP contribution in [0.5, 0.6) is 0 Å². The van der Waals surface area contributed by atoms with Gasteiger partial charge in [-0.2, -0.15) is 12.6 Å². The van der Waals surface area contributed by atoms with E-state index in [0.29, 0.717) is 38.0 Å². The van der Waals surface area contributed by atoms with E-state index in [1.54, 1.807) is 0 Å². The molecule has 0 spiro atoms. The first-order chi connectivity index (χ1) is 12.5. The van der Waals surface area contributed by atoms with Gasteiger partial charge >= 0.3 is 5.97 Å². The summed E-state index contributed by atoms with van der Waals surface area (Å²) < 4.78 is 0. The smallest absolute Gasteiger partial charge is 0.326 e. The standard InChI is InChI=1S/C19H26N2O4S/c1-2-15(18(23)21-10-6-9-16(21)19(24)25)20-17(22)14(12-26)11-13-7-4-3-5-8-13/h3-5,7-8,14-16,26H,2,6,9-12H2,1H3,(H,20,22)(H,24,25)/t14-,15+,16+/m1/s1. The second-order valence-corrected chi connectivity index (χ2v) is 6.93. The molecule has 0 aromatic heterocycles. The van der Waals surface area contributed by atoms with Gasteiger partial charge in [-0.15, -0.1) is 0 Å². The van der Waals surface area contributed by atoms with Crippen molar-refractivity contribution in [3.63, 3.8) is 0 Å².